The van der Waals surface area contributed by atoms with E-state index in [-0.39, 0.29) is 10.7 Å². The van der Waals surface area contributed by atoms with Gasteiger partial charge in [0.25, 0.3) is 0 Å². The lowest BCUT2D eigenvalue weighted by Crippen LogP contribution is -2.03. The van der Waals surface area contributed by atoms with E-state index in [2.05, 4.69) is 10.3 Å². The molecule has 0 aliphatic rings. The van der Waals surface area contributed by atoms with Crippen molar-refractivity contribution in [3.05, 3.63) is 64.8 Å². The highest BCUT2D eigenvalue weighted by atomic mass is 35.5. The van der Waals surface area contributed by atoms with Crippen LogP contribution >= 0.6 is 11.6 Å². The third-order valence-corrected chi connectivity index (χ3v) is 3.45. The number of hydrogen-bond donors (Lipinski definition) is 2. The average molecular weight is 293 g/mol. The SMILES string of the molecule is Fc1cc(F)c(NCc2cccc3[nH]ccc23)c(Cl)c1. The van der Waals surface area contributed by atoms with Gasteiger partial charge in [0.1, 0.15) is 5.82 Å². The molecule has 0 unspecified atom stereocenters. The van der Waals surface area contributed by atoms with E-state index in [1.165, 1.54) is 0 Å². The van der Waals surface area contributed by atoms with Gasteiger partial charge in [0.15, 0.2) is 5.82 Å². The van der Waals surface area contributed by atoms with E-state index >= 15 is 0 Å². The number of halogens is 3. The first-order chi connectivity index (χ1) is 9.65. The Morgan fingerprint density at radius 2 is 2.00 bits per heavy atom. The van der Waals surface area contributed by atoms with E-state index in [0.717, 1.165) is 28.6 Å². The van der Waals surface area contributed by atoms with Crippen LogP contribution in [0.3, 0.4) is 0 Å². The molecule has 20 heavy (non-hydrogen) atoms. The van der Waals surface area contributed by atoms with Crippen molar-refractivity contribution in [2.45, 2.75) is 6.54 Å². The summed E-state index contributed by atoms with van der Waals surface area (Å²) in [5.41, 5.74) is 2.12. The minimum absolute atomic E-state index is 0.0312. The number of aromatic amines is 1. The summed E-state index contributed by atoms with van der Waals surface area (Å²) in [5, 5.41) is 4.00. The van der Waals surface area contributed by atoms with Gasteiger partial charge in [-0.25, -0.2) is 8.78 Å². The number of aromatic nitrogens is 1. The van der Waals surface area contributed by atoms with E-state index in [1.807, 2.05) is 30.5 Å². The fraction of sp³-hybridized carbons (Fsp3) is 0.0667. The van der Waals surface area contributed by atoms with Crippen LogP contribution in [-0.4, -0.2) is 4.98 Å². The first-order valence-electron chi connectivity index (χ1n) is 6.08. The maximum absolute atomic E-state index is 13.7. The Labute approximate surface area is 119 Å². The Morgan fingerprint density at radius 1 is 1.15 bits per heavy atom. The largest absolute Gasteiger partial charge is 0.377 e. The third kappa shape index (κ3) is 2.34. The fourth-order valence-corrected chi connectivity index (χ4v) is 2.46. The Hall–Kier alpha value is -2.07. The van der Waals surface area contributed by atoms with Crippen LogP contribution in [0.2, 0.25) is 5.02 Å². The molecule has 0 aliphatic carbocycles. The molecular weight excluding hydrogens is 282 g/mol. The molecule has 2 aromatic carbocycles. The van der Waals surface area contributed by atoms with E-state index in [1.54, 1.807) is 0 Å². The lowest BCUT2D eigenvalue weighted by molar-refractivity contribution is 0.585. The van der Waals surface area contributed by atoms with Crippen LogP contribution in [0.15, 0.2) is 42.6 Å². The van der Waals surface area contributed by atoms with Crippen LogP contribution in [0.25, 0.3) is 10.9 Å². The fourth-order valence-electron chi connectivity index (χ4n) is 2.20. The van der Waals surface area contributed by atoms with Crippen molar-refractivity contribution in [3.63, 3.8) is 0 Å². The van der Waals surface area contributed by atoms with Gasteiger partial charge in [-0.05, 0) is 23.8 Å². The third-order valence-electron chi connectivity index (χ3n) is 3.15. The van der Waals surface area contributed by atoms with Crippen molar-refractivity contribution < 1.29 is 8.78 Å². The number of anilines is 1. The summed E-state index contributed by atoms with van der Waals surface area (Å²) in [5.74, 6) is -1.39. The molecule has 0 amide bonds. The second kappa shape index (κ2) is 5.13. The van der Waals surface area contributed by atoms with E-state index in [9.17, 15) is 8.78 Å². The van der Waals surface area contributed by atoms with Gasteiger partial charge >= 0.3 is 0 Å². The molecule has 2 N–H and O–H groups in total. The zero-order valence-corrected chi connectivity index (χ0v) is 11.1. The van der Waals surface area contributed by atoms with Gasteiger partial charge in [0.2, 0.25) is 0 Å². The number of nitrogens with one attached hydrogen (secondary N) is 2. The summed E-state index contributed by atoms with van der Waals surface area (Å²) in [6.45, 7) is 0.400. The molecule has 0 atom stereocenters. The Bertz CT molecular complexity index is 744. The van der Waals surface area contributed by atoms with Crippen LogP contribution < -0.4 is 5.32 Å². The first kappa shape index (κ1) is 12.9. The molecule has 0 bridgehead atoms. The van der Waals surface area contributed by atoms with Crippen molar-refractivity contribution in [2.24, 2.45) is 0 Å². The molecule has 1 aromatic heterocycles. The Morgan fingerprint density at radius 3 is 2.80 bits per heavy atom. The highest BCUT2D eigenvalue weighted by Gasteiger charge is 2.10. The van der Waals surface area contributed by atoms with Crippen molar-refractivity contribution in [2.75, 3.05) is 5.32 Å². The normalized spacial score (nSPS) is 10.9. The van der Waals surface area contributed by atoms with Gasteiger partial charge in [-0.1, -0.05) is 23.7 Å². The van der Waals surface area contributed by atoms with Gasteiger partial charge in [0, 0.05) is 29.7 Å². The van der Waals surface area contributed by atoms with Gasteiger partial charge in [0.05, 0.1) is 10.7 Å². The van der Waals surface area contributed by atoms with Crippen molar-refractivity contribution in [3.8, 4) is 0 Å². The maximum atomic E-state index is 13.7. The second-order valence-electron chi connectivity index (χ2n) is 4.45. The standard InChI is InChI=1S/C15H11ClF2N2/c16-12-6-10(17)7-13(18)15(12)20-8-9-2-1-3-14-11(9)4-5-19-14/h1-7,19-20H,8H2. The molecule has 5 heteroatoms. The molecule has 0 radical (unpaired) electrons. The quantitative estimate of drug-likeness (QED) is 0.719. The number of fused-ring (bicyclic) bond motifs is 1. The molecule has 1 heterocycles. The van der Waals surface area contributed by atoms with Crippen LogP contribution in [0, 0.1) is 11.6 Å². The smallest absolute Gasteiger partial charge is 0.150 e. The van der Waals surface area contributed by atoms with Crippen LogP contribution in [0.1, 0.15) is 5.56 Å². The van der Waals surface area contributed by atoms with E-state index in [4.69, 9.17) is 11.6 Å². The molecule has 0 spiro atoms. The van der Waals surface area contributed by atoms with Gasteiger partial charge in [-0.3, -0.25) is 0 Å². The number of benzene rings is 2. The predicted molar refractivity (Wildman–Crippen MR) is 77.0 cm³/mol. The highest BCUT2D eigenvalue weighted by molar-refractivity contribution is 6.33. The molecular formula is C15H11ClF2N2. The van der Waals surface area contributed by atoms with Crippen molar-refractivity contribution >= 4 is 28.2 Å². The van der Waals surface area contributed by atoms with E-state index in [0.29, 0.717) is 6.54 Å². The minimum atomic E-state index is -0.698. The lowest BCUT2D eigenvalue weighted by atomic mass is 10.1. The topological polar surface area (TPSA) is 27.8 Å². The van der Waals surface area contributed by atoms with Gasteiger partial charge < -0.3 is 10.3 Å². The molecule has 0 fully saturated rings. The highest BCUT2D eigenvalue weighted by Crippen LogP contribution is 2.27. The first-order valence-corrected chi connectivity index (χ1v) is 6.46. The zero-order valence-electron chi connectivity index (χ0n) is 10.4. The second-order valence-corrected chi connectivity index (χ2v) is 4.86. The Kier molecular flexibility index (Phi) is 3.32. The Balaban J connectivity index is 1.89. The molecule has 3 rings (SSSR count). The molecule has 2 nitrogen and oxygen atoms in total. The van der Waals surface area contributed by atoms with Crippen LogP contribution in [-0.2, 0) is 6.54 Å². The van der Waals surface area contributed by atoms with Crippen molar-refractivity contribution in [1.82, 2.24) is 4.98 Å². The summed E-state index contributed by atoms with van der Waals surface area (Å²) in [6.07, 6.45) is 1.85. The maximum Gasteiger partial charge on any atom is 0.150 e. The summed E-state index contributed by atoms with van der Waals surface area (Å²) >= 11 is 5.85. The van der Waals surface area contributed by atoms with Gasteiger partial charge in [-0.2, -0.15) is 0 Å². The summed E-state index contributed by atoms with van der Waals surface area (Å²) in [7, 11) is 0. The molecule has 102 valence electrons. The molecule has 0 aliphatic heterocycles. The lowest BCUT2D eigenvalue weighted by Gasteiger charge is -2.10. The summed E-state index contributed by atoms with van der Waals surface area (Å²) in [6, 6.07) is 9.67. The summed E-state index contributed by atoms with van der Waals surface area (Å²) < 4.78 is 26.7. The molecule has 0 saturated heterocycles. The van der Waals surface area contributed by atoms with Gasteiger partial charge in [-0.15, -0.1) is 0 Å². The predicted octanol–water partition coefficient (Wildman–Crippen LogP) is 4.71. The number of rotatable bonds is 3. The monoisotopic (exact) mass is 292 g/mol. The zero-order chi connectivity index (χ0) is 14.1. The minimum Gasteiger partial charge on any atom is -0.377 e. The number of hydrogen-bond acceptors (Lipinski definition) is 1. The molecule has 3 aromatic rings. The average Bonchev–Trinajstić information content (AvgIpc) is 2.86. The van der Waals surface area contributed by atoms with Crippen LogP contribution in [0.5, 0.6) is 0 Å². The molecule has 0 saturated carbocycles. The van der Waals surface area contributed by atoms with E-state index < -0.39 is 11.6 Å². The summed E-state index contributed by atoms with van der Waals surface area (Å²) in [4.78, 5) is 3.11. The number of H-pyrrole nitrogens is 1. The van der Waals surface area contributed by atoms with Crippen molar-refractivity contribution in [1.29, 1.82) is 0 Å². The van der Waals surface area contributed by atoms with Crippen LogP contribution in [0.4, 0.5) is 14.5 Å².